The molecule has 0 bridgehead atoms. The summed E-state index contributed by atoms with van der Waals surface area (Å²) >= 11 is 0. The molecule has 0 atom stereocenters. The molecule has 0 saturated heterocycles. The Hall–Kier alpha value is -1.66. The molecule has 1 aromatic rings. The van der Waals surface area contributed by atoms with Gasteiger partial charge in [-0.2, -0.15) is 0 Å². The minimum Gasteiger partial charge on any atom is -0.0981 e. The van der Waals surface area contributed by atoms with Crippen LogP contribution in [-0.4, -0.2) is 0 Å². The van der Waals surface area contributed by atoms with Gasteiger partial charge < -0.3 is 0 Å². The van der Waals surface area contributed by atoms with Gasteiger partial charge in [0.25, 0.3) is 0 Å². The summed E-state index contributed by atoms with van der Waals surface area (Å²) < 4.78 is 0. The number of benzene rings is 1. The molecule has 0 aliphatic rings. The minimum atomic E-state index is 0.884. The lowest BCUT2D eigenvalue weighted by Crippen LogP contribution is -1.81. The number of hydrogen-bond acceptors (Lipinski definition) is 0. The van der Waals surface area contributed by atoms with Crippen molar-refractivity contribution in [3.8, 4) is 23.7 Å². The summed E-state index contributed by atoms with van der Waals surface area (Å²) in [6.45, 7) is 4.10. The van der Waals surface area contributed by atoms with E-state index in [2.05, 4.69) is 23.7 Å². The van der Waals surface area contributed by atoms with Crippen LogP contribution >= 0.6 is 0 Å². The first-order valence-electron chi connectivity index (χ1n) is 4.95. The fourth-order valence-corrected chi connectivity index (χ4v) is 1.07. The normalized spacial score (nSPS) is 8.14. The molecule has 1 rings (SSSR count). The van der Waals surface area contributed by atoms with Crippen LogP contribution < -0.4 is 0 Å². The van der Waals surface area contributed by atoms with Gasteiger partial charge in [-0.15, -0.1) is 0 Å². The van der Waals surface area contributed by atoms with Gasteiger partial charge in [-0.05, 0) is 12.1 Å². The number of rotatable bonds is 0. The zero-order chi connectivity index (χ0) is 10.2. The van der Waals surface area contributed by atoms with Crippen molar-refractivity contribution in [2.75, 3.05) is 0 Å². The third kappa shape index (κ3) is 3.00. The molecule has 70 valence electrons. The van der Waals surface area contributed by atoms with E-state index in [4.69, 9.17) is 0 Å². The molecule has 0 aromatic heterocycles. The van der Waals surface area contributed by atoms with Gasteiger partial charge in [0.15, 0.2) is 0 Å². The standard InChI is InChI=1S/C14H14/c1-3-5-9-13-11-7-8-12-14(13)10-6-4-2/h7-8,11-12H,3-4H2,1-2H3. The largest absolute Gasteiger partial charge is 0.0981 e. The minimum absolute atomic E-state index is 0.884. The van der Waals surface area contributed by atoms with Crippen molar-refractivity contribution < 1.29 is 0 Å². The second-order valence-corrected chi connectivity index (χ2v) is 2.86. The molecule has 0 N–H and O–H groups in total. The monoisotopic (exact) mass is 182 g/mol. The van der Waals surface area contributed by atoms with E-state index in [9.17, 15) is 0 Å². The van der Waals surface area contributed by atoms with Gasteiger partial charge >= 0.3 is 0 Å². The topological polar surface area (TPSA) is 0 Å². The van der Waals surface area contributed by atoms with Crippen molar-refractivity contribution in [3.05, 3.63) is 35.4 Å². The van der Waals surface area contributed by atoms with E-state index in [1.165, 1.54) is 0 Å². The van der Waals surface area contributed by atoms with Gasteiger partial charge in [0.2, 0.25) is 0 Å². The molecular formula is C14H14. The SMILES string of the molecule is CCC#Cc1ccccc1C#CCC. The summed E-state index contributed by atoms with van der Waals surface area (Å²) in [5, 5.41) is 0. The molecule has 0 amide bonds. The Morgan fingerprint density at radius 1 is 0.857 bits per heavy atom. The molecule has 14 heavy (non-hydrogen) atoms. The highest BCUT2D eigenvalue weighted by Crippen LogP contribution is 2.05. The van der Waals surface area contributed by atoms with Crippen LogP contribution in [-0.2, 0) is 0 Å². The second-order valence-electron chi connectivity index (χ2n) is 2.86. The Labute approximate surface area is 86.3 Å². The quantitative estimate of drug-likeness (QED) is 0.540. The average molecular weight is 182 g/mol. The van der Waals surface area contributed by atoms with E-state index in [0.717, 1.165) is 24.0 Å². The molecule has 0 spiro atoms. The Morgan fingerprint density at radius 3 is 1.64 bits per heavy atom. The Balaban J connectivity index is 3.03. The molecule has 1 aromatic carbocycles. The highest BCUT2D eigenvalue weighted by Gasteiger charge is 1.92. The molecule has 0 heterocycles. The summed E-state index contributed by atoms with van der Waals surface area (Å²) in [6.07, 6.45) is 1.77. The lowest BCUT2D eigenvalue weighted by atomic mass is 10.1. The van der Waals surface area contributed by atoms with Crippen LogP contribution in [0.5, 0.6) is 0 Å². The van der Waals surface area contributed by atoms with E-state index in [-0.39, 0.29) is 0 Å². The maximum absolute atomic E-state index is 3.12. The van der Waals surface area contributed by atoms with Gasteiger partial charge in [0, 0.05) is 24.0 Å². The molecule has 0 aliphatic heterocycles. The van der Waals surface area contributed by atoms with E-state index >= 15 is 0 Å². The Kier molecular flexibility index (Phi) is 4.39. The smallest absolute Gasteiger partial charge is 0.0401 e. The van der Waals surface area contributed by atoms with Gasteiger partial charge in [0.1, 0.15) is 0 Å². The summed E-state index contributed by atoms with van der Waals surface area (Å²) in [4.78, 5) is 0. The summed E-state index contributed by atoms with van der Waals surface area (Å²) in [5.74, 6) is 12.4. The molecule has 0 radical (unpaired) electrons. The molecular weight excluding hydrogens is 168 g/mol. The van der Waals surface area contributed by atoms with Crippen molar-refractivity contribution in [2.45, 2.75) is 26.7 Å². The fourth-order valence-electron chi connectivity index (χ4n) is 1.07. The zero-order valence-corrected chi connectivity index (χ0v) is 8.72. The first kappa shape index (κ1) is 10.4. The first-order valence-corrected chi connectivity index (χ1v) is 4.95. The van der Waals surface area contributed by atoms with Gasteiger partial charge in [-0.25, -0.2) is 0 Å². The third-order valence-electron chi connectivity index (χ3n) is 1.73. The molecule has 0 heteroatoms. The van der Waals surface area contributed by atoms with Crippen molar-refractivity contribution in [1.29, 1.82) is 0 Å². The first-order chi connectivity index (χ1) is 6.88. The number of hydrogen-bond donors (Lipinski definition) is 0. The molecule has 0 fully saturated rings. The summed E-state index contributed by atoms with van der Waals surface area (Å²) in [6, 6.07) is 8.03. The van der Waals surface area contributed by atoms with Crippen molar-refractivity contribution in [1.82, 2.24) is 0 Å². The van der Waals surface area contributed by atoms with Gasteiger partial charge in [0.05, 0.1) is 0 Å². The molecule has 0 saturated carbocycles. The highest BCUT2D eigenvalue weighted by molar-refractivity contribution is 5.49. The van der Waals surface area contributed by atoms with Gasteiger partial charge in [-0.3, -0.25) is 0 Å². The van der Waals surface area contributed by atoms with Crippen LogP contribution in [0.15, 0.2) is 24.3 Å². The van der Waals surface area contributed by atoms with Crippen molar-refractivity contribution in [2.24, 2.45) is 0 Å². The maximum atomic E-state index is 3.12. The summed E-state index contributed by atoms with van der Waals surface area (Å²) in [7, 11) is 0. The Bertz CT molecular complexity index is 364. The van der Waals surface area contributed by atoms with E-state index in [1.54, 1.807) is 0 Å². The van der Waals surface area contributed by atoms with Gasteiger partial charge in [-0.1, -0.05) is 49.7 Å². The van der Waals surface area contributed by atoms with E-state index in [0.29, 0.717) is 0 Å². The van der Waals surface area contributed by atoms with Crippen LogP contribution in [0, 0.1) is 23.7 Å². The van der Waals surface area contributed by atoms with Crippen LogP contribution in [0.25, 0.3) is 0 Å². The fraction of sp³-hybridized carbons (Fsp3) is 0.286. The molecule has 0 unspecified atom stereocenters. The van der Waals surface area contributed by atoms with Crippen molar-refractivity contribution >= 4 is 0 Å². The summed E-state index contributed by atoms with van der Waals surface area (Å²) in [5.41, 5.74) is 2.07. The lowest BCUT2D eigenvalue weighted by molar-refractivity contribution is 1.27. The van der Waals surface area contributed by atoms with Crippen molar-refractivity contribution in [3.63, 3.8) is 0 Å². The van der Waals surface area contributed by atoms with Crippen LogP contribution in [0.2, 0.25) is 0 Å². The zero-order valence-electron chi connectivity index (χ0n) is 8.72. The predicted molar refractivity (Wildman–Crippen MR) is 60.8 cm³/mol. The Morgan fingerprint density at radius 2 is 1.29 bits per heavy atom. The third-order valence-corrected chi connectivity index (χ3v) is 1.73. The lowest BCUT2D eigenvalue weighted by Gasteiger charge is -1.94. The van der Waals surface area contributed by atoms with Crippen LogP contribution in [0.4, 0.5) is 0 Å². The second kappa shape index (κ2) is 5.90. The highest BCUT2D eigenvalue weighted by atomic mass is 13.9. The van der Waals surface area contributed by atoms with Crippen LogP contribution in [0.3, 0.4) is 0 Å². The molecule has 0 aliphatic carbocycles. The molecule has 0 nitrogen and oxygen atoms in total. The maximum Gasteiger partial charge on any atom is 0.0401 e. The van der Waals surface area contributed by atoms with Crippen LogP contribution in [0.1, 0.15) is 37.8 Å². The van der Waals surface area contributed by atoms with E-state index < -0.39 is 0 Å². The van der Waals surface area contributed by atoms with E-state index in [1.807, 2.05) is 38.1 Å². The predicted octanol–water partition coefficient (Wildman–Crippen LogP) is 3.21. The average Bonchev–Trinajstić information content (AvgIpc) is 2.24.